The zero-order valence-electron chi connectivity index (χ0n) is 8.01. The van der Waals surface area contributed by atoms with Crippen molar-refractivity contribution in [3.05, 3.63) is 35.7 Å². The fraction of sp³-hybridized carbons (Fsp3) is 0.100. The van der Waals surface area contributed by atoms with Crippen LogP contribution in [0.2, 0.25) is 0 Å². The second-order valence-electron chi connectivity index (χ2n) is 2.84. The molecule has 0 aliphatic heterocycles. The van der Waals surface area contributed by atoms with Crippen LogP contribution in [0.25, 0.3) is 11.3 Å². The molecule has 1 aromatic heterocycles. The molecule has 0 saturated heterocycles. The van der Waals surface area contributed by atoms with Gasteiger partial charge in [0.25, 0.3) is 0 Å². The Labute approximate surface area is 85.7 Å². The molecular weight excluding hydrogens is 196 g/mol. The van der Waals surface area contributed by atoms with Gasteiger partial charge in [-0.3, -0.25) is 0 Å². The quantitative estimate of drug-likeness (QED) is 0.721. The molecule has 0 amide bonds. The van der Waals surface area contributed by atoms with Gasteiger partial charge in [0, 0.05) is 6.07 Å². The molecule has 0 atom stereocenters. The van der Waals surface area contributed by atoms with Gasteiger partial charge in [0.05, 0.1) is 18.9 Å². The van der Waals surface area contributed by atoms with Crippen LogP contribution in [0, 0.1) is 4.91 Å². The molecule has 76 valence electrons. The predicted octanol–water partition coefficient (Wildman–Crippen LogP) is 2.75. The van der Waals surface area contributed by atoms with E-state index in [9.17, 15) is 4.91 Å². The molecule has 2 rings (SSSR count). The third-order valence-electron chi connectivity index (χ3n) is 1.99. The molecule has 0 unspecified atom stereocenters. The monoisotopic (exact) mass is 204 g/mol. The fourth-order valence-corrected chi connectivity index (χ4v) is 1.29. The first kappa shape index (κ1) is 9.39. The van der Waals surface area contributed by atoms with Gasteiger partial charge in [0.1, 0.15) is 11.4 Å². The number of nitrogens with zero attached hydrogens (tertiary/aromatic N) is 2. The van der Waals surface area contributed by atoms with Gasteiger partial charge < -0.3 is 9.15 Å². The van der Waals surface area contributed by atoms with E-state index in [4.69, 9.17) is 9.15 Å². The summed E-state index contributed by atoms with van der Waals surface area (Å²) in [5.41, 5.74) is 1.05. The van der Waals surface area contributed by atoms with Crippen LogP contribution in [0.5, 0.6) is 5.75 Å². The second kappa shape index (κ2) is 3.91. The maximum atomic E-state index is 10.3. The molecule has 0 saturated carbocycles. The van der Waals surface area contributed by atoms with E-state index in [2.05, 4.69) is 10.2 Å². The minimum Gasteiger partial charge on any atom is -0.496 e. The number of aromatic nitrogens is 1. The molecule has 0 aliphatic carbocycles. The Morgan fingerprint density at radius 2 is 2.33 bits per heavy atom. The summed E-state index contributed by atoms with van der Waals surface area (Å²) in [6, 6.07) is 4.84. The van der Waals surface area contributed by atoms with Gasteiger partial charge in [0.2, 0.25) is 0 Å². The van der Waals surface area contributed by atoms with Crippen molar-refractivity contribution in [3.8, 4) is 17.1 Å². The number of hydrogen-bond acceptors (Lipinski definition) is 5. The Balaban J connectivity index is 2.52. The molecule has 5 nitrogen and oxygen atoms in total. The number of oxazole rings is 1. The van der Waals surface area contributed by atoms with Gasteiger partial charge in [-0.15, -0.1) is 4.91 Å². The third-order valence-corrected chi connectivity index (χ3v) is 1.99. The number of methoxy groups -OCH3 is 1. The van der Waals surface area contributed by atoms with Crippen LogP contribution in [-0.2, 0) is 0 Å². The standard InChI is InChI=1S/C10H8N2O3/c1-14-9-4-7(12-13)2-3-8(9)10-5-11-6-15-10/h2-6H,1H3. The molecule has 0 bridgehead atoms. The lowest BCUT2D eigenvalue weighted by Gasteiger charge is -2.05. The van der Waals surface area contributed by atoms with E-state index in [1.165, 1.54) is 13.5 Å². The van der Waals surface area contributed by atoms with E-state index < -0.39 is 0 Å². The molecule has 0 spiro atoms. The summed E-state index contributed by atoms with van der Waals surface area (Å²) in [6.45, 7) is 0. The number of rotatable bonds is 3. The molecular formula is C10H8N2O3. The molecule has 0 radical (unpaired) electrons. The van der Waals surface area contributed by atoms with E-state index in [1.807, 2.05) is 0 Å². The molecule has 0 fully saturated rings. The van der Waals surface area contributed by atoms with Crippen LogP contribution in [0.3, 0.4) is 0 Å². The lowest BCUT2D eigenvalue weighted by molar-refractivity contribution is 0.415. The van der Waals surface area contributed by atoms with Crippen molar-refractivity contribution < 1.29 is 9.15 Å². The van der Waals surface area contributed by atoms with E-state index in [0.717, 1.165) is 5.56 Å². The van der Waals surface area contributed by atoms with Crippen molar-refractivity contribution in [1.82, 2.24) is 4.98 Å². The van der Waals surface area contributed by atoms with E-state index in [1.54, 1.807) is 24.4 Å². The Hall–Kier alpha value is -2.17. The van der Waals surface area contributed by atoms with Crippen LogP contribution < -0.4 is 4.74 Å². The maximum absolute atomic E-state index is 10.3. The van der Waals surface area contributed by atoms with Gasteiger partial charge >= 0.3 is 0 Å². The van der Waals surface area contributed by atoms with Crippen molar-refractivity contribution >= 4 is 5.69 Å². The summed E-state index contributed by atoms with van der Waals surface area (Å²) < 4.78 is 10.3. The SMILES string of the molecule is COc1cc(N=O)ccc1-c1cnco1. The van der Waals surface area contributed by atoms with E-state index >= 15 is 0 Å². The predicted molar refractivity (Wildman–Crippen MR) is 53.9 cm³/mol. The van der Waals surface area contributed by atoms with Gasteiger partial charge in [-0.2, -0.15) is 0 Å². The molecule has 0 N–H and O–H groups in total. The zero-order chi connectivity index (χ0) is 10.7. The van der Waals surface area contributed by atoms with Gasteiger partial charge in [-0.05, 0) is 17.3 Å². The average molecular weight is 204 g/mol. The fourth-order valence-electron chi connectivity index (χ4n) is 1.29. The smallest absolute Gasteiger partial charge is 0.181 e. The Kier molecular flexibility index (Phi) is 2.45. The normalized spacial score (nSPS) is 9.93. The van der Waals surface area contributed by atoms with Gasteiger partial charge in [0.15, 0.2) is 12.2 Å². The first-order chi connectivity index (χ1) is 7.35. The highest BCUT2D eigenvalue weighted by molar-refractivity contribution is 5.68. The summed E-state index contributed by atoms with van der Waals surface area (Å²) >= 11 is 0. The number of benzene rings is 1. The third kappa shape index (κ3) is 1.71. The van der Waals surface area contributed by atoms with Gasteiger partial charge in [-0.1, -0.05) is 0 Å². The first-order valence-electron chi connectivity index (χ1n) is 4.25. The highest BCUT2D eigenvalue weighted by Gasteiger charge is 2.09. The molecule has 5 heteroatoms. The highest BCUT2D eigenvalue weighted by atomic mass is 16.5. The largest absolute Gasteiger partial charge is 0.496 e. The molecule has 2 aromatic rings. The average Bonchev–Trinajstić information content (AvgIpc) is 2.81. The van der Waals surface area contributed by atoms with Crippen molar-refractivity contribution in [3.63, 3.8) is 0 Å². The molecule has 0 aliphatic rings. The lowest BCUT2D eigenvalue weighted by Crippen LogP contribution is -1.86. The van der Waals surface area contributed by atoms with Crippen molar-refractivity contribution in [1.29, 1.82) is 0 Å². The summed E-state index contributed by atoms with van der Waals surface area (Å²) in [5, 5.41) is 2.83. The molecule has 1 aromatic carbocycles. The Morgan fingerprint density at radius 1 is 1.47 bits per heavy atom. The Morgan fingerprint density at radius 3 is 2.93 bits per heavy atom. The number of nitroso groups, excluding NO2 is 1. The minimum atomic E-state index is 0.315. The topological polar surface area (TPSA) is 64.7 Å². The molecule has 15 heavy (non-hydrogen) atoms. The maximum Gasteiger partial charge on any atom is 0.181 e. The highest BCUT2D eigenvalue weighted by Crippen LogP contribution is 2.32. The van der Waals surface area contributed by atoms with Crippen LogP contribution >= 0.6 is 0 Å². The molecule has 1 heterocycles. The summed E-state index contributed by atoms with van der Waals surface area (Å²) in [5.74, 6) is 1.12. The van der Waals surface area contributed by atoms with Crippen molar-refractivity contribution in [2.45, 2.75) is 0 Å². The van der Waals surface area contributed by atoms with Crippen LogP contribution in [-0.4, -0.2) is 12.1 Å². The van der Waals surface area contributed by atoms with Crippen LogP contribution in [0.1, 0.15) is 0 Å². The minimum absolute atomic E-state index is 0.315. The van der Waals surface area contributed by atoms with Crippen molar-refractivity contribution in [2.75, 3.05) is 7.11 Å². The number of hydrogen-bond donors (Lipinski definition) is 0. The van der Waals surface area contributed by atoms with E-state index in [0.29, 0.717) is 17.2 Å². The number of ether oxygens (including phenoxy) is 1. The van der Waals surface area contributed by atoms with Crippen molar-refractivity contribution in [2.24, 2.45) is 5.18 Å². The van der Waals surface area contributed by atoms with Gasteiger partial charge in [-0.25, -0.2) is 4.98 Å². The Bertz CT molecular complexity index is 466. The van der Waals surface area contributed by atoms with E-state index in [-0.39, 0.29) is 0 Å². The van der Waals surface area contributed by atoms with Crippen LogP contribution in [0.4, 0.5) is 5.69 Å². The second-order valence-corrected chi connectivity index (χ2v) is 2.84. The van der Waals surface area contributed by atoms with Crippen LogP contribution in [0.15, 0.2) is 40.4 Å². The lowest BCUT2D eigenvalue weighted by atomic mass is 10.1. The summed E-state index contributed by atoms with van der Waals surface area (Å²) in [4.78, 5) is 14.1. The first-order valence-corrected chi connectivity index (χ1v) is 4.25. The zero-order valence-corrected chi connectivity index (χ0v) is 8.01. The summed E-state index contributed by atoms with van der Waals surface area (Å²) in [7, 11) is 1.52. The summed E-state index contributed by atoms with van der Waals surface area (Å²) in [6.07, 6.45) is 2.91.